The molecule has 2 aromatic heterocycles. The van der Waals surface area contributed by atoms with Crippen LogP contribution in [0.2, 0.25) is 0 Å². The van der Waals surface area contributed by atoms with E-state index < -0.39 is 0 Å². The van der Waals surface area contributed by atoms with Gasteiger partial charge in [-0.25, -0.2) is 0 Å². The predicted octanol–water partition coefficient (Wildman–Crippen LogP) is 4.13. The van der Waals surface area contributed by atoms with Crippen LogP contribution in [0, 0.1) is 6.92 Å². The summed E-state index contributed by atoms with van der Waals surface area (Å²) >= 11 is 1.90. The smallest absolute Gasteiger partial charge is 0.0418 e. The Morgan fingerprint density at radius 1 is 1.32 bits per heavy atom. The molecule has 19 heavy (non-hydrogen) atoms. The Morgan fingerprint density at radius 3 is 2.84 bits per heavy atom. The molecule has 0 radical (unpaired) electrons. The van der Waals surface area contributed by atoms with E-state index in [0.717, 1.165) is 19.4 Å². The monoisotopic (exact) mass is 274 g/mol. The number of hydrogen-bond donors (Lipinski definition) is 1. The summed E-state index contributed by atoms with van der Waals surface area (Å²) in [7, 11) is 0. The number of nitrogens with one attached hydrogen (secondary N) is 1. The second-order valence-electron chi connectivity index (χ2n) is 4.86. The van der Waals surface area contributed by atoms with Gasteiger partial charge in [-0.1, -0.05) is 13.0 Å². The van der Waals surface area contributed by atoms with Crippen LogP contribution in [0.4, 0.5) is 0 Å². The van der Waals surface area contributed by atoms with Gasteiger partial charge in [0, 0.05) is 28.2 Å². The summed E-state index contributed by atoms with van der Waals surface area (Å²) in [4.78, 5) is 7.03. The van der Waals surface area contributed by atoms with Gasteiger partial charge in [-0.15, -0.1) is 11.3 Å². The van der Waals surface area contributed by atoms with Crippen LogP contribution in [-0.4, -0.2) is 11.5 Å². The van der Waals surface area contributed by atoms with Gasteiger partial charge in [0.05, 0.1) is 0 Å². The largest absolute Gasteiger partial charge is 0.309 e. The maximum absolute atomic E-state index is 4.18. The van der Waals surface area contributed by atoms with Crippen LogP contribution in [0.1, 0.15) is 41.1 Å². The van der Waals surface area contributed by atoms with E-state index in [-0.39, 0.29) is 0 Å². The molecule has 0 aliphatic carbocycles. The van der Waals surface area contributed by atoms with Crippen LogP contribution in [0.15, 0.2) is 36.7 Å². The minimum atomic E-state index is 0.471. The van der Waals surface area contributed by atoms with Crippen molar-refractivity contribution in [2.45, 2.75) is 39.2 Å². The highest BCUT2D eigenvalue weighted by molar-refractivity contribution is 7.12. The fourth-order valence-electron chi connectivity index (χ4n) is 2.16. The molecule has 0 aliphatic heterocycles. The van der Waals surface area contributed by atoms with Crippen molar-refractivity contribution in [1.29, 1.82) is 0 Å². The molecule has 2 rings (SSSR count). The summed E-state index contributed by atoms with van der Waals surface area (Å²) in [5.74, 6) is 0. The summed E-state index contributed by atoms with van der Waals surface area (Å²) in [6, 6.07) is 9.11. The lowest BCUT2D eigenvalue weighted by molar-refractivity contribution is 0.506. The lowest BCUT2D eigenvalue weighted by atomic mass is 10.1. The number of aryl methyl sites for hydroxylation is 2. The van der Waals surface area contributed by atoms with Crippen molar-refractivity contribution < 1.29 is 0 Å². The first kappa shape index (κ1) is 14.2. The number of rotatable bonds is 7. The van der Waals surface area contributed by atoms with E-state index in [1.54, 1.807) is 0 Å². The molecular weight excluding hydrogens is 252 g/mol. The third kappa shape index (κ3) is 4.44. The minimum absolute atomic E-state index is 0.471. The van der Waals surface area contributed by atoms with Crippen molar-refractivity contribution in [3.05, 3.63) is 52.0 Å². The molecule has 0 amide bonds. The maximum atomic E-state index is 4.18. The average molecular weight is 274 g/mol. The van der Waals surface area contributed by atoms with Crippen molar-refractivity contribution in [1.82, 2.24) is 10.3 Å². The zero-order chi connectivity index (χ0) is 13.5. The zero-order valence-electron chi connectivity index (χ0n) is 11.7. The van der Waals surface area contributed by atoms with Crippen LogP contribution < -0.4 is 5.32 Å². The Bertz CT molecular complexity index is 479. The van der Waals surface area contributed by atoms with Crippen LogP contribution in [0.25, 0.3) is 0 Å². The third-order valence-electron chi connectivity index (χ3n) is 3.19. The van der Waals surface area contributed by atoms with E-state index in [2.05, 4.69) is 42.3 Å². The van der Waals surface area contributed by atoms with Crippen LogP contribution >= 0.6 is 11.3 Å². The van der Waals surface area contributed by atoms with Gasteiger partial charge in [0.1, 0.15) is 0 Å². The molecule has 102 valence electrons. The molecule has 0 aliphatic rings. The fourth-order valence-corrected chi connectivity index (χ4v) is 3.15. The molecule has 0 saturated heterocycles. The van der Waals surface area contributed by atoms with Gasteiger partial charge in [0.25, 0.3) is 0 Å². The van der Waals surface area contributed by atoms with E-state index in [1.807, 2.05) is 29.8 Å². The van der Waals surface area contributed by atoms with Gasteiger partial charge in [-0.2, -0.15) is 0 Å². The number of hydrogen-bond acceptors (Lipinski definition) is 3. The molecule has 1 N–H and O–H groups in total. The zero-order valence-corrected chi connectivity index (χ0v) is 12.5. The highest BCUT2D eigenvalue weighted by Gasteiger charge is 2.12. The first-order chi connectivity index (χ1) is 9.29. The van der Waals surface area contributed by atoms with Crippen LogP contribution in [-0.2, 0) is 6.42 Å². The van der Waals surface area contributed by atoms with Gasteiger partial charge in [-0.3, -0.25) is 4.98 Å². The molecule has 1 unspecified atom stereocenters. The topological polar surface area (TPSA) is 24.9 Å². The summed E-state index contributed by atoms with van der Waals surface area (Å²) in [5.41, 5.74) is 1.32. The molecule has 2 nitrogen and oxygen atoms in total. The normalized spacial score (nSPS) is 12.5. The highest BCUT2D eigenvalue weighted by atomic mass is 32.1. The van der Waals surface area contributed by atoms with Crippen LogP contribution in [0.5, 0.6) is 0 Å². The first-order valence-electron chi connectivity index (χ1n) is 6.98. The summed E-state index contributed by atoms with van der Waals surface area (Å²) in [6.07, 6.45) is 7.18. The quantitative estimate of drug-likeness (QED) is 0.821. The molecule has 0 fully saturated rings. The van der Waals surface area contributed by atoms with Gasteiger partial charge in [0.2, 0.25) is 0 Å². The molecule has 2 heterocycles. The van der Waals surface area contributed by atoms with E-state index in [0.29, 0.717) is 6.04 Å². The maximum Gasteiger partial charge on any atom is 0.0418 e. The van der Waals surface area contributed by atoms with Crippen molar-refractivity contribution >= 4 is 11.3 Å². The van der Waals surface area contributed by atoms with E-state index in [9.17, 15) is 0 Å². The SMILES string of the molecule is CCCNC(CCc1cccnc1)c1ccc(C)s1. The van der Waals surface area contributed by atoms with Gasteiger partial charge < -0.3 is 5.32 Å². The van der Waals surface area contributed by atoms with E-state index in [1.165, 1.54) is 21.7 Å². The second-order valence-corrected chi connectivity index (χ2v) is 6.17. The standard InChI is InChI=1S/C16H22N2S/c1-3-10-18-15(16-9-6-13(2)19-16)8-7-14-5-4-11-17-12-14/h4-6,9,11-12,15,18H,3,7-8,10H2,1-2H3. The molecule has 3 heteroatoms. The Balaban J connectivity index is 1.98. The van der Waals surface area contributed by atoms with Gasteiger partial charge in [-0.05, 0) is 56.5 Å². The molecule has 0 aromatic carbocycles. The third-order valence-corrected chi connectivity index (χ3v) is 4.30. The predicted molar refractivity (Wildman–Crippen MR) is 82.6 cm³/mol. The van der Waals surface area contributed by atoms with Crippen molar-refractivity contribution in [3.8, 4) is 0 Å². The summed E-state index contributed by atoms with van der Waals surface area (Å²) in [6.45, 7) is 5.46. The number of thiophene rings is 1. The number of aromatic nitrogens is 1. The fraction of sp³-hybridized carbons (Fsp3) is 0.438. The second kappa shape index (κ2) is 7.41. The van der Waals surface area contributed by atoms with Crippen molar-refractivity contribution in [3.63, 3.8) is 0 Å². The van der Waals surface area contributed by atoms with Gasteiger partial charge >= 0.3 is 0 Å². The Labute approximate surface area is 119 Å². The number of pyridine rings is 1. The Kier molecular flexibility index (Phi) is 5.55. The highest BCUT2D eigenvalue weighted by Crippen LogP contribution is 2.26. The Hall–Kier alpha value is -1.19. The average Bonchev–Trinajstić information content (AvgIpc) is 2.86. The summed E-state index contributed by atoms with van der Waals surface area (Å²) in [5, 5.41) is 3.66. The minimum Gasteiger partial charge on any atom is -0.309 e. The van der Waals surface area contributed by atoms with Crippen LogP contribution in [0.3, 0.4) is 0 Å². The molecule has 0 saturated carbocycles. The van der Waals surface area contributed by atoms with E-state index in [4.69, 9.17) is 0 Å². The molecule has 0 spiro atoms. The van der Waals surface area contributed by atoms with E-state index >= 15 is 0 Å². The molecule has 0 bridgehead atoms. The lowest BCUT2D eigenvalue weighted by Gasteiger charge is -2.17. The lowest BCUT2D eigenvalue weighted by Crippen LogP contribution is -2.21. The van der Waals surface area contributed by atoms with Crippen molar-refractivity contribution in [2.24, 2.45) is 0 Å². The summed E-state index contributed by atoms with van der Waals surface area (Å²) < 4.78 is 0. The number of nitrogens with zero attached hydrogens (tertiary/aromatic N) is 1. The van der Waals surface area contributed by atoms with Gasteiger partial charge in [0.15, 0.2) is 0 Å². The Morgan fingerprint density at radius 2 is 2.21 bits per heavy atom. The molecular formula is C16H22N2S. The molecule has 1 atom stereocenters. The first-order valence-corrected chi connectivity index (χ1v) is 7.80. The van der Waals surface area contributed by atoms with Crippen molar-refractivity contribution in [2.75, 3.05) is 6.54 Å². The molecule has 2 aromatic rings.